The van der Waals surface area contributed by atoms with Gasteiger partial charge in [0.25, 0.3) is 0 Å². The molecule has 0 fully saturated rings. The summed E-state index contributed by atoms with van der Waals surface area (Å²) in [6, 6.07) is 11.7. The molecule has 1 atom stereocenters. The number of rotatable bonds is 4. The fraction of sp³-hybridized carbons (Fsp3) is 0.167. The van der Waals surface area contributed by atoms with E-state index in [4.69, 9.17) is 11.6 Å². The van der Waals surface area contributed by atoms with Crippen molar-refractivity contribution in [2.75, 3.05) is 0 Å². The average Bonchev–Trinajstić information content (AvgIpc) is 3.24. The molecule has 6 heteroatoms. The van der Waals surface area contributed by atoms with Gasteiger partial charge in [0, 0.05) is 41.6 Å². The van der Waals surface area contributed by atoms with Crippen LogP contribution in [0.3, 0.4) is 0 Å². The lowest BCUT2D eigenvalue weighted by atomic mass is 10.1. The van der Waals surface area contributed by atoms with Crippen molar-refractivity contribution in [2.24, 2.45) is 0 Å². The highest BCUT2D eigenvalue weighted by atomic mass is 35.5. The molecule has 0 aliphatic rings. The third-order valence-electron chi connectivity index (χ3n) is 4.11. The summed E-state index contributed by atoms with van der Waals surface area (Å²) in [5, 5.41) is 9.56. The van der Waals surface area contributed by atoms with E-state index in [2.05, 4.69) is 22.1 Å². The molecule has 0 amide bonds. The number of hydrogen-bond acceptors (Lipinski definition) is 3. The summed E-state index contributed by atoms with van der Waals surface area (Å²) in [6.07, 6.45) is 7.46. The quantitative estimate of drug-likeness (QED) is 0.564. The molecular formula is C18H16ClN5. The van der Waals surface area contributed by atoms with Crippen LogP contribution in [0.5, 0.6) is 0 Å². The molecule has 24 heavy (non-hydrogen) atoms. The van der Waals surface area contributed by atoms with Gasteiger partial charge in [-0.3, -0.25) is 4.68 Å². The molecule has 4 aromatic rings. The fourth-order valence-electron chi connectivity index (χ4n) is 2.90. The molecule has 0 radical (unpaired) electrons. The predicted octanol–water partition coefficient (Wildman–Crippen LogP) is 4.05. The monoisotopic (exact) mass is 337 g/mol. The van der Waals surface area contributed by atoms with E-state index in [1.165, 1.54) is 0 Å². The van der Waals surface area contributed by atoms with E-state index in [1.54, 1.807) is 6.20 Å². The van der Waals surface area contributed by atoms with E-state index < -0.39 is 0 Å². The Bertz CT molecular complexity index is 957. The number of benzene rings is 1. The Kier molecular flexibility index (Phi) is 3.78. The van der Waals surface area contributed by atoms with Crippen LogP contribution in [0.4, 0.5) is 0 Å². The standard InChI is InChI=1S/C18H16ClN5/c1-13(12-23-10-2-8-21-23)17-7-9-20-18-16(11-22-24(17)18)14-3-5-15(19)6-4-14/h2-11,13H,12H2,1H3. The Hall–Kier alpha value is -2.66. The van der Waals surface area contributed by atoms with E-state index in [1.807, 2.05) is 64.2 Å². The molecule has 0 saturated heterocycles. The summed E-state index contributed by atoms with van der Waals surface area (Å²) in [6.45, 7) is 2.96. The minimum absolute atomic E-state index is 0.258. The van der Waals surface area contributed by atoms with Gasteiger partial charge in [-0.25, -0.2) is 9.50 Å². The minimum Gasteiger partial charge on any atom is -0.272 e. The van der Waals surface area contributed by atoms with E-state index in [-0.39, 0.29) is 5.92 Å². The molecule has 3 heterocycles. The highest BCUT2D eigenvalue weighted by Gasteiger charge is 2.15. The SMILES string of the molecule is CC(Cn1cccn1)c1ccnc2c(-c3ccc(Cl)cc3)cnn12. The number of nitrogens with zero attached hydrogens (tertiary/aromatic N) is 5. The maximum absolute atomic E-state index is 5.98. The summed E-state index contributed by atoms with van der Waals surface area (Å²) in [5.74, 6) is 0.258. The molecule has 0 saturated carbocycles. The van der Waals surface area contributed by atoms with Crippen LogP contribution >= 0.6 is 11.6 Å². The third kappa shape index (κ3) is 2.67. The van der Waals surface area contributed by atoms with Crippen LogP contribution in [-0.2, 0) is 6.54 Å². The first-order valence-electron chi connectivity index (χ1n) is 7.78. The molecule has 0 N–H and O–H groups in total. The zero-order valence-electron chi connectivity index (χ0n) is 13.2. The second kappa shape index (κ2) is 6.09. The summed E-state index contributed by atoms with van der Waals surface area (Å²) in [7, 11) is 0. The van der Waals surface area contributed by atoms with Crippen LogP contribution in [0.15, 0.2) is 61.2 Å². The van der Waals surface area contributed by atoms with Gasteiger partial charge in [0.15, 0.2) is 5.65 Å². The predicted molar refractivity (Wildman–Crippen MR) is 94.1 cm³/mol. The largest absolute Gasteiger partial charge is 0.272 e. The van der Waals surface area contributed by atoms with Gasteiger partial charge >= 0.3 is 0 Å². The first-order chi connectivity index (χ1) is 11.7. The summed E-state index contributed by atoms with van der Waals surface area (Å²) < 4.78 is 3.85. The van der Waals surface area contributed by atoms with E-state index in [0.29, 0.717) is 0 Å². The molecule has 3 aromatic heterocycles. The molecule has 4 rings (SSSR count). The van der Waals surface area contributed by atoms with Crippen molar-refractivity contribution in [3.05, 3.63) is 71.9 Å². The van der Waals surface area contributed by atoms with Crippen LogP contribution in [0.1, 0.15) is 18.5 Å². The van der Waals surface area contributed by atoms with Crippen molar-refractivity contribution in [1.82, 2.24) is 24.4 Å². The van der Waals surface area contributed by atoms with Crippen molar-refractivity contribution in [1.29, 1.82) is 0 Å². The van der Waals surface area contributed by atoms with Gasteiger partial charge in [0.05, 0.1) is 11.9 Å². The number of hydrogen-bond donors (Lipinski definition) is 0. The van der Waals surface area contributed by atoms with Crippen molar-refractivity contribution in [2.45, 2.75) is 19.4 Å². The molecule has 0 aliphatic carbocycles. The molecule has 0 bridgehead atoms. The fourth-order valence-corrected chi connectivity index (χ4v) is 3.02. The van der Waals surface area contributed by atoms with Gasteiger partial charge in [0.2, 0.25) is 0 Å². The van der Waals surface area contributed by atoms with Crippen LogP contribution in [0.25, 0.3) is 16.8 Å². The molecule has 0 aliphatic heterocycles. The maximum Gasteiger partial charge on any atom is 0.163 e. The molecule has 1 aromatic carbocycles. The third-order valence-corrected chi connectivity index (χ3v) is 4.36. The zero-order valence-corrected chi connectivity index (χ0v) is 13.9. The molecule has 0 spiro atoms. The summed E-state index contributed by atoms with van der Waals surface area (Å²) in [5.41, 5.74) is 4.01. The van der Waals surface area contributed by atoms with Crippen LogP contribution in [-0.4, -0.2) is 24.4 Å². The first-order valence-corrected chi connectivity index (χ1v) is 8.16. The zero-order chi connectivity index (χ0) is 16.5. The normalized spacial score (nSPS) is 12.6. The van der Waals surface area contributed by atoms with Gasteiger partial charge in [0.1, 0.15) is 0 Å². The lowest BCUT2D eigenvalue weighted by Gasteiger charge is -2.13. The number of halogens is 1. The second-order valence-electron chi connectivity index (χ2n) is 5.80. The summed E-state index contributed by atoms with van der Waals surface area (Å²) in [4.78, 5) is 4.53. The van der Waals surface area contributed by atoms with Gasteiger partial charge in [-0.15, -0.1) is 0 Å². The van der Waals surface area contributed by atoms with Crippen LogP contribution in [0.2, 0.25) is 5.02 Å². The second-order valence-corrected chi connectivity index (χ2v) is 6.24. The van der Waals surface area contributed by atoms with E-state index in [0.717, 1.165) is 34.0 Å². The highest BCUT2D eigenvalue weighted by molar-refractivity contribution is 6.30. The van der Waals surface area contributed by atoms with Gasteiger partial charge in [-0.2, -0.15) is 10.2 Å². The van der Waals surface area contributed by atoms with Crippen molar-refractivity contribution < 1.29 is 0 Å². The highest BCUT2D eigenvalue weighted by Crippen LogP contribution is 2.27. The van der Waals surface area contributed by atoms with Gasteiger partial charge < -0.3 is 0 Å². The topological polar surface area (TPSA) is 48.0 Å². The first kappa shape index (κ1) is 14.9. The lowest BCUT2D eigenvalue weighted by molar-refractivity contribution is 0.525. The lowest BCUT2D eigenvalue weighted by Crippen LogP contribution is -2.11. The number of fused-ring (bicyclic) bond motifs is 1. The van der Waals surface area contributed by atoms with Crippen LogP contribution in [0, 0.1) is 0 Å². The van der Waals surface area contributed by atoms with E-state index >= 15 is 0 Å². The van der Waals surface area contributed by atoms with Crippen LogP contribution < -0.4 is 0 Å². The Labute approximate surface area is 144 Å². The Balaban J connectivity index is 1.74. The maximum atomic E-state index is 5.98. The van der Waals surface area contributed by atoms with Crippen molar-refractivity contribution in [3.63, 3.8) is 0 Å². The van der Waals surface area contributed by atoms with Crippen molar-refractivity contribution in [3.8, 4) is 11.1 Å². The minimum atomic E-state index is 0.258. The Morgan fingerprint density at radius 2 is 1.92 bits per heavy atom. The smallest absolute Gasteiger partial charge is 0.163 e. The van der Waals surface area contributed by atoms with Gasteiger partial charge in [-0.05, 0) is 29.8 Å². The molecular weight excluding hydrogens is 322 g/mol. The van der Waals surface area contributed by atoms with E-state index in [9.17, 15) is 0 Å². The number of aromatic nitrogens is 5. The molecule has 5 nitrogen and oxygen atoms in total. The molecule has 1 unspecified atom stereocenters. The van der Waals surface area contributed by atoms with Crippen molar-refractivity contribution >= 4 is 17.2 Å². The Morgan fingerprint density at radius 3 is 2.67 bits per heavy atom. The molecule has 120 valence electrons. The average molecular weight is 338 g/mol. The summed E-state index contributed by atoms with van der Waals surface area (Å²) >= 11 is 5.98. The Morgan fingerprint density at radius 1 is 1.08 bits per heavy atom. The van der Waals surface area contributed by atoms with Gasteiger partial charge in [-0.1, -0.05) is 30.7 Å².